The summed E-state index contributed by atoms with van der Waals surface area (Å²) in [7, 11) is 1.47. The van der Waals surface area contributed by atoms with Gasteiger partial charge in [0.2, 0.25) is 0 Å². The first-order valence-electron chi connectivity index (χ1n) is 12.9. The van der Waals surface area contributed by atoms with E-state index in [1.807, 2.05) is 0 Å². The zero-order valence-electron chi connectivity index (χ0n) is 22.6. The molecule has 1 aliphatic heterocycles. The Bertz CT molecular complexity index is 1390. The highest BCUT2D eigenvalue weighted by molar-refractivity contribution is 6.13. The van der Waals surface area contributed by atoms with E-state index in [1.165, 1.54) is 25.3 Å². The molecular weight excluding hydrogens is 527 g/mol. The Hall–Kier alpha value is -4.08. The van der Waals surface area contributed by atoms with Crippen molar-refractivity contribution >= 4 is 17.7 Å². The Kier molecular flexibility index (Phi) is 8.37. The molecule has 4 rings (SSSR count). The first kappa shape index (κ1) is 28.9. The minimum atomic E-state index is -4.77. The Morgan fingerprint density at radius 2 is 1.60 bits per heavy atom. The monoisotopic (exact) mass is 557 g/mol. The lowest BCUT2D eigenvalue weighted by Crippen LogP contribution is -2.43. The third-order valence-electron chi connectivity index (χ3n) is 7.17. The quantitative estimate of drug-likeness (QED) is 0.359. The average molecular weight is 558 g/mol. The van der Waals surface area contributed by atoms with Gasteiger partial charge in [0.15, 0.2) is 5.78 Å². The number of carbonyl (C=O) groups excluding carboxylic acids is 3. The number of hydrogen-bond donors (Lipinski definition) is 1. The fourth-order valence-electron chi connectivity index (χ4n) is 5.60. The molecule has 7 nitrogen and oxygen atoms in total. The van der Waals surface area contributed by atoms with E-state index >= 15 is 0 Å². The fraction of sp³-hybridized carbons (Fsp3) is 0.367. The highest BCUT2D eigenvalue weighted by atomic mass is 19.4. The van der Waals surface area contributed by atoms with Gasteiger partial charge in [0.25, 0.3) is 0 Å². The standard InChI is InChI=1S/C30H30F3NO6/c1-5-39-28(36)23-16(3)34-21-15-19(17-11-8-10-14-22(17)38-4)25(29(37)40-6-2)27(35)26(21)24(23)18-12-7-9-13-20(18)30(31,32)33/h7-14,19,24-25,34H,5-6,15H2,1-4H3/t19-,24-,25-/m1/s1. The van der Waals surface area contributed by atoms with E-state index in [0.717, 1.165) is 6.07 Å². The van der Waals surface area contributed by atoms with Gasteiger partial charge in [-0.15, -0.1) is 0 Å². The van der Waals surface area contributed by atoms with Crippen molar-refractivity contribution in [3.05, 3.63) is 87.8 Å². The minimum absolute atomic E-state index is 0.00116. The van der Waals surface area contributed by atoms with Crippen molar-refractivity contribution in [2.75, 3.05) is 20.3 Å². The number of ether oxygens (including phenoxy) is 3. The van der Waals surface area contributed by atoms with Crippen molar-refractivity contribution in [2.24, 2.45) is 5.92 Å². The van der Waals surface area contributed by atoms with E-state index in [2.05, 4.69) is 5.32 Å². The SMILES string of the molecule is CCOC(=O)C1=C(C)NC2=C(C(=O)[C@H](C(=O)OCC)[C@@H](c3ccccc3OC)C2)[C@@H]1c1ccccc1C(F)(F)F. The lowest BCUT2D eigenvalue weighted by atomic mass is 9.66. The van der Waals surface area contributed by atoms with Crippen molar-refractivity contribution in [1.29, 1.82) is 0 Å². The number of hydrogen-bond acceptors (Lipinski definition) is 7. The van der Waals surface area contributed by atoms with Gasteiger partial charge in [-0.25, -0.2) is 4.79 Å². The zero-order chi connectivity index (χ0) is 29.2. The van der Waals surface area contributed by atoms with E-state index in [0.29, 0.717) is 17.0 Å². The number of halogens is 3. The molecule has 2 aromatic carbocycles. The summed E-state index contributed by atoms with van der Waals surface area (Å²) in [5.41, 5.74) is -0.309. The van der Waals surface area contributed by atoms with Crippen LogP contribution in [-0.2, 0) is 30.0 Å². The van der Waals surface area contributed by atoms with E-state index in [4.69, 9.17) is 14.2 Å². The molecule has 3 atom stereocenters. The topological polar surface area (TPSA) is 90.9 Å². The smallest absolute Gasteiger partial charge is 0.416 e. The summed E-state index contributed by atoms with van der Waals surface area (Å²) in [6, 6.07) is 11.7. The van der Waals surface area contributed by atoms with E-state index in [-0.39, 0.29) is 42.0 Å². The Labute approximate surface area is 230 Å². The maximum atomic E-state index is 14.3. The lowest BCUT2D eigenvalue weighted by molar-refractivity contribution is -0.152. The van der Waals surface area contributed by atoms with Gasteiger partial charge in [0.05, 0.1) is 31.5 Å². The number of Topliss-reactive ketones (excluding diaryl/α,β-unsaturated/α-hetero) is 1. The molecule has 0 spiro atoms. The fourth-order valence-corrected chi connectivity index (χ4v) is 5.60. The summed E-state index contributed by atoms with van der Waals surface area (Å²) in [5, 5.41) is 3.09. The molecule has 0 radical (unpaired) electrons. The molecule has 0 fully saturated rings. The summed E-state index contributed by atoms with van der Waals surface area (Å²) in [6.07, 6.45) is -4.68. The average Bonchev–Trinajstić information content (AvgIpc) is 2.91. The minimum Gasteiger partial charge on any atom is -0.496 e. The molecular formula is C30H30F3NO6. The molecule has 0 saturated carbocycles. The largest absolute Gasteiger partial charge is 0.496 e. The van der Waals surface area contributed by atoms with Crippen molar-refractivity contribution in [2.45, 2.75) is 45.2 Å². The van der Waals surface area contributed by atoms with Crippen LogP contribution >= 0.6 is 0 Å². The number of nitrogens with one attached hydrogen (secondary N) is 1. The van der Waals surface area contributed by atoms with Crippen LogP contribution in [0.4, 0.5) is 13.2 Å². The van der Waals surface area contributed by atoms with Gasteiger partial charge in [0, 0.05) is 28.8 Å². The van der Waals surface area contributed by atoms with Gasteiger partial charge in [-0.2, -0.15) is 13.2 Å². The number of ketones is 1. The van der Waals surface area contributed by atoms with Gasteiger partial charge >= 0.3 is 18.1 Å². The molecule has 0 unspecified atom stereocenters. The molecule has 1 aliphatic carbocycles. The number of para-hydroxylation sites is 1. The van der Waals surface area contributed by atoms with Crippen molar-refractivity contribution in [1.82, 2.24) is 5.32 Å². The van der Waals surface area contributed by atoms with Gasteiger partial charge in [-0.05, 0) is 50.5 Å². The predicted molar refractivity (Wildman–Crippen MR) is 139 cm³/mol. The summed E-state index contributed by atoms with van der Waals surface area (Å²) >= 11 is 0. The first-order valence-corrected chi connectivity index (χ1v) is 12.9. The van der Waals surface area contributed by atoms with Crippen molar-refractivity contribution < 1.29 is 41.8 Å². The number of rotatable bonds is 7. The Morgan fingerprint density at radius 3 is 2.23 bits per heavy atom. The summed E-state index contributed by atoms with van der Waals surface area (Å²) < 4.78 is 58.7. The molecule has 1 N–H and O–H groups in total. The lowest BCUT2D eigenvalue weighted by Gasteiger charge is -2.40. The van der Waals surface area contributed by atoms with E-state index in [1.54, 1.807) is 45.0 Å². The maximum Gasteiger partial charge on any atom is 0.416 e. The number of methoxy groups -OCH3 is 1. The van der Waals surface area contributed by atoms with Crippen molar-refractivity contribution in [3.8, 4) is 5.75 Å². The normalized spacial score (nSPS) is 21.0. The molecule has 2 aliphatic rings. The van der Waals surface area contributed by atoms with Crippen LogP contribution in [0.15, 0.2) is 71.1 Å². The number of dihydropyridines is 1. The molecule has 40 heavy (non-hydrogen) atoms. The van der Waals surface area contributed by atoms with Crippen LogP contribution in [0.3, 0.4) is 0 Å². The van der Waals surface area contributed by atoms with Crippen LogP contribution in [0.5, 0.6) is 5.75 Å². The molecule has 212 valence electrons. The molecule has 10 heteroatoms. The highest BCUT2D eigenvalue weighted by Gasteiger charge is 2.51. The van der Waals surface area contributed by atoms with Gasteiger partial charge in [-0.3, -0.25) is 9.59 Å². The second-order valence-electron chi connectivity index (χ2n) is 9.44. The Morgan fingerprint density at radius 1 is 0.975 bits per heavy atom. The summed E-state index contributed by atoms with van der Waals surface area (Å²) in [5.74, 6) is -5.46. The van der Waals surface area contributed by atoms with Crippen LogP contribution in [0.25, 0.3) is 0 Å². The number of esters is 2. The third kappa shape index (κ3) is 5.22. The van der Waals surface area contributed by atoms with Crippen LogP contribution < -0.4 is 10.1 Å². The summed E-state index contributed by atoms with van der Waals surface area (Å²) in [6.45, 7) is 4.71. The number of allylic oxidation sites excluding steroid dienone is 3. The van der Waals surface area contributed by atoms with Crippen LogP contribution in [-0.4, -0.2) is 38.0 Å². The third-order valence-corrected chi connectivity index (χ3v) is 7.17. The summed E-state index contributed by atoms with van der Waals surface area (Å²) in [4.78, 5) is 40.8. The van der Waals surface area contributed by atoms with Crippen LogP contribution in [0, 0.1) is 5.92 Å². The number of benzene rings is 2. The van der Waals surface area contributed by atoms with Crippen LogP contribution in [0.1, 0.15) is 55.7 Å². The van der Waals surface area contributed by atoms with E-state index < -0.39 is 47.2 Å². The number of carbonyl (C=O) groups is 3. The zero-order valence-corrected chi connectivity index (χ0v) is 22.6. The maximum absolute atomic E-state index is 14.3. The molecule has 0 amide bonds. The highest BCUT2D eigenvalue weighted by Crippen LogP contribution is 2.51. The van der Waals surface area contributed by atoms with Crippen molar-refractivity contribution in [3.63, 3.8) is 0 Å². The van der Waals surface area contributed by atoms with Gasteiger partial charge < -0.3 is 19.5 Å². The van der Waals surface area contributed by atoms with Crippen LogP contribution in [0.2, 0.25) is 0 Å². The number of alkyl halides is 3. The van der Waals surface area contributed by atoms with Gasteiger partial charge in [0.1, 0.15) is 11.7 Å². The molecule has 0 bridgehead atoms. The Balaban J connectivity index is 1.99. The second-order valence-corrected chi connectivity index (χ2v) is 9.44. The first-order chi connectivity index (χ1) is 19.0. The molecule has 0 aromatic heterocycles. The van der Waals surface area contributed by atoms with Gasteiger partial charge in [-0.1, -0.05) is 36.4 Å². The predicted octanol–water partition coefficient (Wildman–Crippen LogP) is 5.43. The second kappa shape index (κ2) is 11.6. The van der Waals surface area contributed by atoms with E-state index in [9.17, 15) is 27.6 Å². The molecule has 0 saturated heterocycles. The molecule has 2 aromatic rings. The molecule has 1 heterocycles.